The van der Waals surface area contributed by atoms with Crippen LogP contribution in [0.15, 0.2) is 48.5 Å². The number of benzene rings is 1. The topological polar surface area (TPSA) is 82.7 Å². The summed E-state index contributed by atoms with van der Waals surface area (Å²) < 4.78 is 1.70. The van der Waals surface area contributed by atoms with Crippen molar-refractivity contribution in [1.82, 2.24) is 29.8 Å². The molecular weight excluding hydrogens is 412 g/mol. The third kappa shape index (κ3) is 3.66. The van der Waals surface area contributed by atoms with E-state index in [4.69, 9.17) is 16.6 Å². The minimum atomic E-state index is -0.129. The van der Waals surface area contributed by atoms with Gasteiger partial charge in [-0.15, -0.1) is 0 Å². The molecule has 0 bridgehead atoms. The summed E-state index contributed by atoms with van der Waals surface area (Å²) in [4.78, 5) is 16.1. The van der Waals surface area contributed by atoms with Gasteiger partial charge >= 0.3 is 0 Å². The van der Waals surface area contributed by atoms with Crippen molar-refractivity contribution >= 4 is 40.3 Å². The van der Waals surface area contributed by atoms with Crippen molar-refractivity contribution in [3.63, 3.8) is 0 Å². The molecule has 2 aliphatic heterocycles. The van der Waals surface area contributed by atoms with Crippen LogP contribution in [0.4, 0.5) is 11.5 Å². The summed E-state index contributed by atoms with van der Waals surface area (Å²) in [5, 5.41) is 11.9. The predicted molar refractivity (Wildman–Crippen MR) is 124 cm³/mol. The van der Waals surface area contributed by atoms with Crippen LogP contribution in [0.25, 0.3) is 11.3 Å². The molecule has 0 saturated carbocycles. The quantitative estimate of drug-likeness (QED) is 0.648. The van der Waals surface area contributed by atoms with Crippen LogP contribution in [0, 0.1) is 0 Å². The molecule has 3 aromatic rings. The number of imidazole rings is 1. The second kappa shape index (κ2) is 8.28. The van der Waals surface area contributed by atoms with Crippen LogP contribution >= 0.6 is 11.6 Å². The SMILES string of the molecule is C=C1c2c(Cl)cccc2N=C([C@H](C)Nc2ncnn3ccnc23)N1C1CCCNCC1. The van der Waals surface area contributed by atoms with Gasteiger partial charge in [0.05, 0.1) is 16.8 Å². The van der Waals surface area contributed by atoms with Gasteiger partial charge in [0.15, 0.2) is 11.5 Å². The average molecular weight is 437 g/mol. The van der Waals surface area contributed by atoms with Gasteiger partial charge in [0.25, 0.3) is 0 Å². The first-order chi connectivity index (χ1) is 15.1. The predicted octanol–water partition coefficient (Wildman–Crippen LogP) is 3.74. The molecule has 1 saturated heterocycles. The molecule has 2 aliphatic rings. The number of nitrogens with zero attached hydrogens (tertiary/aromatic N) is 6. The van der Waals surface area contributed by atoms with E-state index < -0.39 is 0 Å². The highest BCUT2D eigenvalue weighted by Crippen LogP contribution is 2.40. The Morgan fingerprint density at radius 1 is 1.26 bits per heavy atom. The van der Waals surface area contributed by atoms with Gasteiger partial charge in [0.2, 0.25) is 0 Å². The Morgan fingerprint density at radius 2 is 2.16 bits per heavy atom. The maximum absolute atomic E-state index is 6.57. The van der Waals surface area contributed by atoms with Crippen LogP contribution in [0.5, 0.6) is 0 Å². The Hall–Kier alpha value is -2.97. The van der Waals surface area contributed by atoms with Gasteiger partial charge in [-0.1, -0.05) is 24.2 Å². The van der Waals surface area contributed by atoms with E-state index in [2.05, 4.69) is 44.1 Å². The van der Waals surface area contributed by atoms with Crippen LogP contribution in [0.2, 0.25) is 5.02 Å². The summed E-state index contributed by atoms with van der Waals surface area (Å²) in [6, 6.07) is 5.98. The second-order valence-corrected chi connectivity index (χ2v) is 8.33. The normalized spacial score (nSPS) is 20.2. The van der Waals surface area contributed by atoms with E-state index in [1.165, 1.54) is 6.33 Å². The zero-order valence-electron chi connectivity index (χ0n) is 17.4. The fourth-order valence-electron chi connectivity index (χ4n) is 4.43. The molecule has 1 fully saturated rings. The van der Waals surface area contributed by atoms with E-state index in [1.54, 1.807) is 16.9 Å². The van der Waals surface area contributed by atoms with Crippen molar-refractivity contribution < 1.29 is 0 Å². The van der Waals surface area contributed by atoms with Gasteiger partial charge in [-0.05, 0) is 51.4 Å². The minimum absolute atomic E-state index is 0.129. The molecule has 0 amide bonds. The Bertz CT molecular complexity index is 1150. The zero-order chi connectivity index (χ0) is 21.4. The highest BCUT2D eigenvalue weighted by molar-refractivity contribution is 6.33. The van der Waals surface area contributed by atoms with Gasteiger partial charge in [0.1, 0.15) is 12.2 Å². The molecular formula is C22H25ClN8. The summed E-state index contributed by atoms with van der Waals surface area (Å²) >= 11 is 6.57. The number of rotatable bonds is 4. The van der Waals surface area contributed by atoms with Crippen molar-refractivity contribution in [3.05, 3.63) is 54.1 Å². The number of halogens is 1. The molecule has 1 aromatic carbocycles. The summed E-state index contributed by atoms with van der Waals surface area (Å²) in [5.41, 5.74) is 3.34. The standard InChI is InChI=1S/C22H25ClN8/c1-14(28-20-22-25-11-12-30(22)27-13-26-20)21-29-18-7-3-6-17(23)19(18)15(2)31(21)16-5-4-9-24-10-8-16/h3,6-7,11-14,16,24H,2,4-5,8-10H2,1H3,(H,26,27,28)/t14-,16?/m0/s1. The molecule has 8 nitrogen and oxygen atoms in total. The Labute approximate surface area is 186 Å². The first kappa shape index (κ1) is 20.0. The summed E-state index contributed by atoms with van der Waals surface area (Å²) in [6.07, 6.45) is 8.23. The van der Waals surface area contributed by atoms with E-state index in [0.717, 1.165) is 55.1 Å². The molecule has 0 aliphatic carbocycles. The van der Waals surface area contributed by atoms with Gasteiger partial charge in [0, 0.05) is 29.7 Å². The first-order valence-electron chi connectivity index (χ1n) is 10.6. The molecule has 4 heterocycles. The summed E-state index contributed by atoms with van der Waals surface area (Å²) in [5.74, 6) is 1.58. The van der Waals surface area contributed by atoms with Crippen molar-refractivity contribution in [2.45, 2.75) is 38.3 Å². The molecule has 9 heteroatoms. The molecule has 2 N–H and O–H groups in total. The Kier molecular flexibility index (Phi) is 5.33. The van der Waals surface area contributed by atoms with Crippen LogP contribution < -0.4 is 10.6 Å². The third-order valence-corrected chi connectivity index (χ3v) is 6.22. The minimum Gasteiger partial charge on any atom is -0.357 e. The van der Waals surface area contributed by atoms with Crippen molar-refractivity contribution in [2.75, 3.05) is 18.4 Å². The number of aliphatic imine (C=N–C) groups is 1. The smallest absolute Gasteiger partial charge is 0.196 e. The van der Waals surface area contributed by atoms with Crippen molar-refractivity contribution in [2.24, 2.45) is 4.99 Å². The summed E-state index contributed by atoms with van der Waals surface area (Å²) in [6.45, 7) is 8.55. The third-order valence-electron chi connectivity index (χ3n) is 5.90. The van der Waals surface area contributed by atoms with E-state index in [-0.39, 0.29) is 6.04 Å². The van der Waals surface area contributed by atoms with Gasteiger partial charge < -0.3 is 15.5 Å². The van der Waals surface area contributed by atoms with E-state index in [9.17, 15) is 0 Å². The fraction of sp³-hybridized carbons (Fsp3) is 0.364. The molecule has 160 valence electrons. The van der Waals surface area contributed by atoms with Crippen molar-refractivity contribution in [3.8, 4) is 0 Å². The molecule has 5 rings (SSSR count). The molecule has 2 atom stereocenters. The lowest BCUT2D eigenvalue weighted by molar-refractivity contribution is 0.373. The van der Waals surface area contributed by atoms with Crippen LogP contribution in [-0.4, -0.2) is 55.5 Å². The van der Waals surface area contributed by atoms with E-state index >= 15 is 0 Å². The Morgan fingerprint density at radius 3 is 3.06 bits per heavy atom. The number of aromatic nitrogens is 4. The Balaban J connectivity index is 1.55. The van der Waals surface area contributed by atoms with Crippen LogP contribution in [0.1, 0.15) is 31.7 Å². The fourth-order valence-corrected chi connectivity index (χ4v) is 4.71. The number of nitrogens with one attached hydrogen (secondary N) is 2. The van der Waals surface area contributed by atoms with Crippen LogP contribution in [-0.2, 0) is 0 Å². The average Bonchev–Trinajstić information content (AvgIpc) is 3.09. The summed E-state index contributed by atoms with van der Waals surface area (Å²) in [7, 11) is 0. The lowest BCUT2D eigenvalue weighted by Gasteiger charge is -2.40. The largest absolute Gasteiger partial charge is 0.357 e. The highest BCUT2D eigenvalue weighted by atomic mass is 35.5. The molecule has 2 aromatic heterocycles. The molecule has 1 unspecified atom stereocenters. The maximum atomic E-state index is 6.57. The number of amidine groups is 1. The van der Waals surface area contributed by atoms with E-state index in [1.807, 2.05) is 18.2 Å². The second-order valence-electron chi connectivity index (χ2n) is 7.93. The monoisotopic (exact) mass is 436 g/mol. The van der Waals surface area contributed by atoms with Crippen LogP contribution in [0.3, 0.4) is 0 Å². The maximum Gasteiger partial charge on any atom is 0.196 e. The number of fused-ring (bicyclic) bond motifs is 2. The lowest BCUT2D eigenvalue weighted by atomic mass is 9.99. The van der Waals surface area contributed by atoms with Gasteiger partial charge in [-0.3, -0.25) is 0 Å². The van der Waals surface area contributed by atoms with Crippen molar-refractivity contribution in [1.29, 1.82) is 0 Å². The first-order valence-corrected chi connectivity index (χ1v) is 11.0. The molecule has 0 spiro atoms. The zero-order valence-corrected chi connectivity index (χ0v) is 18.2. The lowest BCUT2D eigenvalue weighted by Crippen LogP contribution is -2.47. The number of hydrogen-bond donors (Lipinski definition) is 2. The highest BCUT2D eigenvalue weighted by Gasteiger charge is 2.34. The number of anilines is 1. The van der Waals surface area contributed by atoms with Gasteiger partial charge in [-0.25, -0.2) is 19.5 Å². The van der Waals surface area contributed by atoms with E-state index in [0.29, 0.717) is 22.5 Å². The van der Waals surface area contributed by atoms with Gasteiger partial charge in [-0.2, -0.15) is 5.10 Å². The number of hydrogen-bond acceptors (Lipinski definition) is 7. The molecule has 0 radical (unpaired) electrons. The molecule has 31 heavy (non-hydrogen) atoms.